The van der Waals surface area contributed by atoms with Crippen molar-refractivity contribution in [3.05, 3.63) is 59.7 Å². The summed E-state index contributed by atoms with van der Waals surface area (Å²) in [4.78, 5) is 62.2. The summed E-state index contributed by atoms with van der Waals surface area (Å²) >= 11 is 0. The van der Waals surface area contributed by atoms with Gasteiger partial charge in [-0.15, -0.1) is 0 Å². The lowest BCUT2D eigenvalue weighted by Gasteiger charge is -2.19. The number of ether oxygens (including phenoxy) is 1. The molecule has 0 saturated heterocycles. The molecule has 0 spiro atoms. The van der Waals surface area contributed by atoms with E-state index in [1.165, 1.54) is 12.1 Å². The Labute approximate surface area is 190 Å². The van der Waals surface area contributed by atoms with E-state index >= 15 is 0 Å². The number of imide groups is 1. The smallest absolute Gasteiger partial charge is 0.408 e. The molecule has 1 aliphatic rings. The third-order valence-corrected chi connectivity index (χ3v) is 4.45. The molecular formula is C23H24N4O6. The minimum absolute atomic E-state index is 0.250. The Morgan fingerprint density at radius 1 is 0.818 bits per heavy atom. The minimum atomic E-state index is -0.736. The number of fused-ring (bicyclic) bond motifs is 1. The maximum atomic E-state index is 12.6. The number of rotatable bonds is 6. The predicted octanol–water partition coefficient (Wildman–Crippen LogP) is 2.38. The third kappa shape index (κ3) is 5.94. The molecule has 0 atom stereocenters. The molecule has 0 bridgehead atoms. The number of carbonyl (C=O) groups excluding carboxylic acids is 5. The second-order valence-electron chi connectivity index (χ2n) is 8.24. The van der Waals surface area contributed by atoms with Crippen LogP contribution in [-0.2, 0) is 14.3 Å². The fraction of sp³-hybridized carbons (Fsp3) is 0.261. The van der Waals surface area contributed by atoms with Crippen molar-refractivity contribution in [2.24, 2.45) is 0 Å². The molecule has 10 heteroatoms. The van der Waals surface area contributed by atoms with Crippen molar-refractivity contribution in [3.63, 3.8) is 0 Å². The molecule has 2 aromatic rings. The first-order valence-electron chi connectivity index (χ1n) is 10.2. The summed E-state index contributed by atoms with van der Waals surface area (Å²) in [6.07, 6.45) is -0.736. The number of hydrogen-bond acceptors (Lipinski definition) is 6. The van der Waals surface area contributed by atoms with Crippen LogP contribution in [0.4, 0.5) is 16.2 Å². The Balaban J connectivity index is 1.59. The highest BCUT2D eigenvalue weighted by atomic mass is 16.6. The van der Waals surface area contributed by atoms with Gasteiger partial charge in [0.25, 0.3) is 11.8 Å². The average Bonchev–Trinajstić information content (AvgIpc) is 2.98. The molecule has 10 nitrogen and oxygen atoms in total. The van der Waals surface area contributed by atoms with Gasteiger partial charge in [0.05, 0.1) is 22.5 Å². The first-order valence-corrected chi connectivity index (χ1v) is 10.2. The van der Waals surface area contributed by atoms with E-state index in [-0.39, 0.29) is 29.0 Å². The van der Waals surface area contributed by atoms with Gasteiger partial charge in [-0.1, -0.05) is 24.3 Å². The second-order valence-corrected chi connectivity index (χ2v) is 8.24. The highest BCUT2D eigenvalue weighted by molar-refractivity contribution is 6.22. The van der Waals surface area contributed by atoms with Crippen molar-refractivity contribution < 1.29 is 28.7 Å². The number of nitrogens with one attached hydrogen (secondary N) is 3. The van der Waals surface area contributed by atoms with Gasteiger partial charge in [0.15, 0.2) is 0 Å². The van der Waals surface area contributed by atoms with Gasteiger partial charge in [0.1, 0.15) is 18.7 Å². The van der Waals surface area contributed by atoms with Gasteiger partial charge in [-0.25, -0.2) is 4.79 Å². The van der Waals surface area contributed by atoms with Crippen LogP contribution in [0.25, 0.3) is 0 Å². The summed E-state index contributed by atoms with van der Waals surface area (Å²) in [5.74, 6) is -2.23. The molecule has 0 fully saturated rings. The van der Waals surface area contributed by atoms with Gasteiger partial charge in [0.2, 0.25) is 11.8 Å². The molecule has 1 heterocycles. The van der Waals surface area contributed by atoms with Crippen molar-refractivity contribution in [1.29, 1.82) is 0 Å². The molecule has 5 amide bonds. The van der Waals surface area contributed by atoms with Gasteiger partial charge in [0, 0.05) is 0 Å². The largest absolute Gasteiger partial charge is 0.444 e. The van der Waals surface area contributed by atoms with Crippen LogP contribution in [0.15, 0.2) is 48.5 Å². The van der Waals surface area contributed by atoms with E-state index in [4.69, 9.17) is 4.74 Å². The number of nitrogens with zero attached hydrogens (tertiary/aromatic N) is 1. The van der Waals surface area contributed by atoms with Gasteiger partial charge in [-0.05, 0) is 45.0 Å². The molecule has 0 radical (unpaired) electrons. The Morgan fingerprint density at radius 3 is 1.82 bits per heavy atom. The molecule has 172 valence electrons. The summed E-state index contributed by atoms with van der Waals surface area (Å²) in [6, 6.07) is 12.8. The molecule has 0 aromatic heterocycles. The maximum Gasteiger partial charge on any atom is 0.408 e. The molecule has 3 rings (SSSR count). The number of anilines is 2. The van der Waals surface area contributed by atoms with E-state index < -0.39 is 41.9 Å². The Kier molecular flexibility index (Phi) is 6.76. The van der Waals surface area contributed by atoms with Crippen LogP contribution in [0.2, 0.25) is 0 Å². The fourth-order valence-electron chi connectivity index (χ4n) is 3.08. The van der Waals surface area contributed by atoms with Crippen LogP contribution >= 0.6 is 0 Å². The lowest BCUT2D eigenvalue weighted by atomic mass is 10.1. The van der Waals surface area contributed by atoms with Gasteiger partial charge < -0.3 is 20.7 Å². The normalized spacial score (nSPS) is 12.8. The Hall–Kier alpha value is -4.21. The van der Waals surface area contributed by atoms with E-state index in [1.807, 2.05) is 0 Å². The van der Waals surface area contributed by atoms with Crippen LogP contribution in [-0.4, -0.2) is 53.3 Å². The van der Waals surface area contributed by atoms with Crippen molar-refractivity contribution in [1.82, 2.24) is 10.2 Å². The SMILES string of the molecule is CC(C)(C)OC(=O)NCC(=O)Nc1ccccc1NC(=O)CN1C(=O)c2ccccc2C1=O. The number of benzene rings is 2. The highest BCUT2D eigenvalue weighted by Gasteiger charge is 2.36. The molecule has 33 heavy (non-hydrogen) atoms. The summed E-state index contributed by atoms with van der Waals surface area (Å²) < 4.78 is 5.07. The molecule has 0 unspecified atom stereocenters. The fourth-order valence-corrected chi connectivity index (χ4v) is 3.08. The number of hydrogen-bond donors (Lipinski definition) is 3. The number of carbonyl (C=O) groups is 5. The van der Waals surface area contributed by atoms with Crippen LogP contribution in [0.1, 0.15) is 41.5 Å². The second kappa shape index (κ2) is 9.51. The van der Waals surface area contributed by atoms with Gasteiger partial charge in [-0.2, -0.15) is 0 Å². The zero-order valence-electron chi connectivity index (χ0n) is 18.4. The lowest BCUT2D eigenvalue weighted by Crippen LogP contribution is -2.38. The molecule has 1 aliphatic heterocycles. The van der Waals surface area contributed by atoms with Crippen LogP contribution in [0.5, 0.6) is 0 Å². The Morgan fingerprint density at radius 2 is 1.30 bits per heavy atom. The topological polar surface area (TPSA) is 134 Å². The third-order valence-electron chi connectivity index (χ3n) is 4.45. The maximum absolute atomic E-state index is 12.6. The first-order chi connectivity index (χ1) is 15.5. The zero-order chi connectivity index (χ0) is 24.2. The molecular weight excluding hydrogens is 428 g/mol. The molecule has 0 saturated carbocycles. The van der Waals surface area contributed by atoms with E-state index in [0.717, 1.165) is 4.90 Å². The number of alkyl carbamates (subject to hydrolysis) is 1. The van der Waals surface area contributed by atoms with E-state index in [0.29, 0.717) is 0 Å². The molecule has 2 aromatic carbocycles. The van der Waals surface area contributed by atoms with Crippen molar-refractivity contribution in [2.45, 2.75) is 26.4 Å². The summed E-state index contributed by atoms with van der Waals surface area (Å²) in [5, 5.41) is 7.53. The lowest BCUT2D eigenvalue weighted by molar-refractivity contribution is -0.117. The van der Waals surface area contributed by atoms with Crippen molar-refractivity contribution >= 4 is 41.1 Å². The summed E-state index contributed by atoms with van der Waals surface area (Å²) in [7, 11) is 0. The minimum Gasteiger partial charge on any atom is -0.444 e. The van der Waals surface area contributed by atoms with E-state index in [1.54, 1.807) is 57.2 Å². The Bertz CT molecular complexity index is 1090. The predicted molar refractivity (Wildman–Crippen MR) is 120 cm³/mol. The zero-order valence-corrected chi connectivity index (χ0v) is 18.4. The standard InChI is InChI=1S/C23H24N4O6/c1-23(2,3)33-22(32)24-12-18(28)25-16-10-6-7-11-17(16)26-19(29)13-27-20(30)14-8-4-5-9-15(14)21(27)31/h4-11H,12-13H2,1-3H3,(H,24,32)(H,25,28)(H,26,29). The number of para-hydroxylation sites is 2. The summed E-state index contributed by atoms with van der Waals surface area (Å²) in [5.41, 5.74) is 0.353. The average molecular weight is 452 g/mol. The van der Waals surface area contributed by atoms with Crippen molar-refractivity contribution in [3.8, 4) is 0 Å². The van der Waals surface area contributed by atoms with Crippen LogP contribution in [0.3, 0.4) is 0 Å². The number of amides is 5. The van der Waals surface area contributed by atoms with E-state index in [9.17, 15) is 24.0 Å². The first kappa shape index (κ1) is 23.5. The van der Waals surface area contributed by atoms with Gasteiger partial charge in [-0.3, -0.25) is 24.1 Å². The summed E-state index contributed by atoms with van der Waals surface area (Å²) in [6.45, 7) is 4.29. The quantitative estimate of drug-likeness (QED) is 0.576. The molecule has 0 aliphatic carbocycles. The highest BCUT2D eigenvalue weighted by Crippen LogP contribution is 2.24. The van der Waals surface area contributed by atoms with Crippen LogP contribution in [0, 0.1) is 0 Å². The van der Waals surface area contributed by atoms with E-state index in [2.05, 4.69) is 16.0 Å². The monoisotopic (exact) mass is 452 g/mol. The van der Waals surface area contributed by atoms with Crippen LogP contribution < -0.4 is 16.0 Å². The molecule has 3 N–H and O–H groups in total. The van der Waals surface area contributed by atoms with Gasteiger partial charge >= 0.3 is 6.09 Å². The van der Waals surface area contributed by atoms with Crippen molar-refractivity contribution in [2.75, 3.05) is 23.7 Å².